The van der Waals surface area contributed by atoms with E-state index in [2.05, 4.69) is 20.1 Å². The maximum absolute atomic E-state index is 13.5. The molecule has 5 rings (SSSR count). The first-order valence-corrected chi connectivity index (χ1v) is 9.02. The summed E-state index contributed by atoms with van der Waals surface area (Å²) in [4.78, 5) is 26.5. The van der Waals surface area contributed by atoms with Crippen molar-refractivity contribution in [1.82, 2.24) is 29.1 Å². The molecule has 4 heterocycles. The lowest BCUT2D eigenvalue weighted by Gasteiger charge is -2.11. The molecule has 0 aliphatic heterocycles. The van der Waals surface area contributed by atoms with Gasteiger partial charge in [0.2, 0.25) is 0 Å². The van der Waals surface area contributed by atoms with Gasteiger partial charge in [0.1, 0.15) is 11.6 Å². The molecule has 8 heteroatoms. The van der Waals surface area contributed by atoms with E-state index in [-0.39, 0.29) is 11.4 Å². The van der Waals surface area contributed by atoms with Crippen LogP contribution in [-0.2, 0) is 6.54 Å². The van der Waals surface area contributed by atoms with Gasteiger partial charge in [-0.15, -0.1) is 5.10 Å². The number of fused-ring (bicyclic) bond motifs is 2. The zero-order valence-corrected chi connectivity index (χ0v) is 15.5. The molecule has 4 aromatic heterocycles. The van der Waals surface area contributed by atoms with Crippen molar-refractivity contribution in [2.24, 2.45) is 0 Å². The number of aromatic nitrogens is 6. The summed E-state index contributed by atoms with van der Waals surface area (Å²) < 4.78 is 16.6. The maximum atomic E-state index is 13.5. The third-order valence-electron chi connectivity index (χ3n) is 4.68. The van der Waals surface area contributed by atoms with Crippen LogP contribution in [0, 0.1) is 12.7 Å². The second kappa shape index (κ2) is 6.59. The van der Waals surface area contributed by atoms with E-state index in [0.29, 0.717) is 40.3 Å². The summed E-state index contributed by atoms with van der Waals surface area (Å²) in [5.74, 6) is 0.562. The summed E-state index contributed by atoms with van der Waals surface area (Å²) in [5.41, 5.74) is 2.23. The molecule has 0 radical (unpaired) electrons. The summed E-state index contributed by atoms with van der Waals surface area (Å²) >= 11 is 0. The minimum atomic E-state index is -0.356. The van der Waals surface area contributed by atoms with E-state index in [9.17, 15) is 9.18 Å². The van der Waals surface area contributed by atoms with E-state index in [4.69, 9.17) is 0 Å². The summed E-state index contributed by atoms with van der Waals surface area (Å²) in [6, 6.07) is 13.3. The van der Waals surface area contributed by atoms with E-state index < -0.39 is 0 Å². The summed E-state index contributed by atoms with van der Waals surface area (Å²) in [6.07, 6.45) is 3.38. The topological polar surface area (TPSA) is 78.0 Å². The summed E-state index contributed by atoms with van der Waals surface area (Å²) in [6.45, 7) is 2.08. The number of aryl methyl sites for hydroxylation is 1. The fourth-order valence-corrected chi connectivity index (χ4v) is 3.39. The molecule has 0 spiro atoms. The lowest BCUT2D eigenvalue weighted by molar-refractivity contribution is 0.628. The van der Waals surface area contributed by atoms with Gasteiger partial charge in [0.15, 0.2) is 0 Å². The van der Waals surface area contributed by atoms with Gasteiger partial charge in [-0.2, -0.15) is 9.50 Å². The van der Waals surface area contributed by atoms with Crippen molar-refractivity contribution in [3.63, 3.8) is 0 Å². The van der Waals surface area contributed by atoms with Gasteiger partial charge >= 0.3 is 0 Å². The number of nitrogens with zero attached hydrogens (tertiary/aromatic N) is 6. The van der Waals surface area contributed by atoms with E-state index in [1.165, 1.54) is 16.6 Å². The summed E-state index contributed by atoms with van der Waals surface area (Å²) in [7, 11) is 0. The van der Waals surface area contributed by atoms with Crippen LogP contribution in [0.15, 0.2) is 65.7 Å². The molecule has 0 bridgehead atoms. The van der Waals surface area contributed by atoms with E-state index in [1.807, 2.05) is 18.2 Å². The molecule has 0 saturated heterocycles. The highest BCUT2D eigenvalue weighted by molar-refractivity contribution is 5.93. The third kappa shape index (κ3) is 2.94. The second-order valence-corrected chi connectivity index (χ2v) is 6.67. The first-order chi connectivity index (χ1) is 14.1. The largest absolute Gasteiger partial charge is 0.309 e. The van der Waals surface area contributed by atoms with Crippen LogP contribution in [0.3, 0.4) is 0 Å². The zero-order valence-electron chi connectivity index (χ0n) is 15.5. The predicted molar refractivity (Wildman–Crippen MR) is 106 cm³/mol. The lowest BCUT2D eigenvalue weighted by atomic mass is 10.1. The number of pyridine rings is 2. The van der Waals surface area contributed by atoms with Crippen LogP contribution in [-0.4, -0.2) is 29.1 Å². The monoisotopic (exact) mass is 386 g/mol. The van der Waals surface area contributed by atoms with Gasteiger partial charge in [0, 0.05) is 18.0 Å². The molecule has 0 fully saturated rings. The van der Waals surface area contributed by atoms with Gasteiger partial charge < -0.3 is 4.57 Å². The predicted octanol–water partition coefficient (Wildman–Crippen LogP) is 3.00. The van der Waals surface area contributed by atoms with Gasteiger partial charge in [0.25, 0.3) is 11.3 Å². The molecule has 1 aromatic carbocycles. The average molecular weight is 386 g/mol. The third-order valence-corrected chi connectivity index (χ3v) is 4.68. The highest BCUT2D eigenvalue weighted by atomic mass is 19.1. The highest BCUT2D eigenvalue weighted by Gasteiger charge is 2.18. The molecule has 0 amide bonds. The van der Waals surface area contributed by atoms with Gasteiger partial charge in [-0.1, -0.05) is 6.07 Å². The van der Waals surface area contributed by atoms with Gasteiger partial charge in [-0.25, -0.2) is 9.37 Å². The van der Waals surface area contributed by atoms with Crippen LogP contribution in [0.1, 0.15) is 11.5 Å². The van der Waals surface area contributed by atoms with Crippen LogP contribution in [0.5, 0.6) is 0 Å². The number of rotatable bonds is 3. The second-order valence-electron chi connectivity index (χ2n) is 6.67. The molecule has 0 aliphatic carbocycles. The SMILES string of the molecule is Cc1nc2nc3ccn(Cc4ccccn4)c(=O)c3c(-c3ccc(F)cc3)n2n1. The quantitative estimate of drug-likeness (QED) is 0.476. The van der Waals surface area contributed by atoms with Crippen molar-refractivity contribution in [2.45, 2.75) is 13.5 Å². The Morgan fingerprint density at radius 1 is 1.03 bits per heavy atom. The standard InChI is InChI=1S/C21H15FN6O/c1-13-24-21-25-17-9-11-27(12-16-4-2-3-10-23-16)20(29)18(17)19(28(21)26-13)14-5-7-15(22)8-6-14/h2-11H,12H2,1H3. The van der Waals surface area contributed by atoms with Crippen molar-refractivity contribution in [3.05, 3.63) is 88.6 Å². The van der Waals surface area contributed by atoms with Gasteiger partial charge in [-0.3, -0.25) is 9.78 Å². The lowest BCUT2D eigenvalue weighted by Crippen LogP contribution is -2.22. The molecule has 0 atom stereocenters. The van der Waals surface area contributed by atoms with Crippen molar-refractivity contribution < 1.29 is 4.39 Å². The Bertz CT molecular complexity index is 1410. The fraction of sp³-hybridized carbons (Fsp3) is 0.0952. The number of halogens is 1. The highest BCUT2D eigenvalue weighted by Crippen LogP contribution is 2.26. The molecular weight excluding hydrogens is 371 g/mol. The van der Waals surface area contributed by atoms with Crippen LogP contribution in [0.2, 0.25) is 0 Å². The molecule has 142 valence electrons. The Balaban J connectivity index is 1.83. The molecule has 5 aromatic rings. The Morgan fingerprint density at radius 2 is 1.86 bits per heavy atom. The normalized spacial score (nSPS) is 11.4. The molecule has 0 N–H and O–H groups in total. The van der Waals surface area contributed by atoms with Crippen molar-refractivity contribution in [2.75, 3.05) is 0 Å². The summed E-state index contributed by atoms with van der Waals surface area (Å²) in [5, 5.41) is 4.80. The van der Waals surface area contributed by atoms with Crippen LogP contribution < -0.4 is 5.56 Å². The molecule has 0 saturated carbocycles. The minimum Gasteiger partial charge on any atom is -0.309 e. The van der Waals surface area contributed by atoms with E-state index >= 15 is 0 Å². The molecule has 0 aliphatic rings. The number of benzene rings is 1. The van der Waals surface area contributed by atoms with Gasteiger partial charge in [-0.05, 0) is 49.4 Å². The Morgan fingerprint density at radius 3 is 2.62 bits per heavy atom. The van der Waals surface area contributed by atoms with Crippen LogP contribution >= 0.6 is 0 Å². The molecule has 29 heavy (non-hydrogen) atoms. The molecule has 0 unspecified atom stereocenters. The Kier molecular flexibility index (Phi) is 3.90. The number of hydrogen-bond donors (Lipinski definition) is 0. The van der Waals surface area contributed by atoms with E-state index in [1.54, 1.807) is 42.1 Å². The van der Waals surface area contributed by atoms with Crippen LogP contribution in [0.4, 0.5) is 4.39 Å². The zero-order chi connectivity index (χ0) is 20.0. The maximum Gasteiger partial charge on any atom is 0.262 e. The molecule has 7 nitrogen and oxygen atoms in total. The smallest absolute Gasteiger partial charge is 0.262 e. The Hall–Kier alpha value is -3.94. The first kappa shape index (κ1) is 17.2. The average Bonchev–Trinajstić information content (AvgIpc) is 3.10. The van der Waals surface area contributed by atoms with Crippen molar-refractivity contribution in [3.8, 4) is 11.3 Å². The number of hydrogen-bond acceptors (Lipinski definition) is 5. The Labute approximate surface area is 164 Å². The molecular formula is C21H15FN6O. The van der Waals surface area contributed by atoms with Crippen molar-refractivity contribution >= 4 is 16.7 Å². The van der Waals surface area contributed by atoms with Crippen molar-refractivity contribution in [1.29, 1.82) is 0 Å². The fourth-order valence-electron chi connectivity index (χ4n) is 3.39. The van der Waals surface area contributed by atoms with Crippen LogP contribution in [0.25, 0.3) is 27.9 Å². The minimum absolute atomic E-state index is 0.227. The first-order valence-electron chi connectivity index (χ1n) is 9.02. The van der Waals surface area contributed by atoms with Gasteiger partial charge in [0.05, 0.1) is 28.8 Å². The van der Waals surface area contributed by atoms with E-state index in [0.717, 1.165) is 5.69 Å².